The molecule has 340 valence electrons. The number of nitro groups is 1. The fourth-order valence-corrected chi connectivity index (χ4v) is 7.29. The van der Waals surface area contributed by atoms with Crippen molar-refractivity contribution in [3.8, 4) is 23.3 Å². The second kappa shape index (κ2) is 22.1. The number of ether oxygens (including phenoxy) is 2. The lowest BCUT2D eigenvalue weighted by atomic mass is 10.0. The molecule has 6 rings (SSSR count). The number of azo groups is 2. The van der Waals surface area contributed by atoms with Gasteiger partial charge in [-0.2, -0.15) is 18.6 Å². The van der Waals surface area contributed by atoms with E-state index in [1.54, 1.807) is 41.3 Å². The molecule has 0 saturated heterocycles. The predicted molar refractivity (Wildman–Crippen MR) is 246 cm³/mol. The molecule has 1 unspecified atom stereocenters. The molecule has 1 aliphatic rings. The molecule has 0 spiro atoms. The number of nitro benzene ring substituents is 1. The molecule has 66 heavy (non-hydrogen) atoms. The summed E-state index contributed by atoms with van der Waals surface area (Å²) >= 11 is 0. The highest BCUT2D eigenvalue weighted by atomic mass is 32.2. The molecule has 1 aliphatic heterocycles. The monoisotopic (exact) mass is 915 g/mol. The number of hydrogen-bond donors (Lipinski definition) is 3. The largest absolute Gasteiger partial charge is 0.494 e. The molecule has 20 heteroatoms. The Labute approximate surface area is 380 Å². The van der Waals surface area contributed by atoms with Crippen LogP contribution in [-0.4, -0.2) is 81.8 Å². The Balaban J connectivity index is 0.962. The molecule has 0 radical (unpaired) electrons. The lowest BCUT2D eigenvalue weighted by Crippen LogP contribution is -2.47. The first-order valence-corrected chi connectivity index (χ1v) is 21.9. The lowest BCUT2D eigenvalue weighted by molar-refractivity contribution is -0.384. The first-order valence-electron chi connectivity index (χ1n) is 20.4. The van der Waals surface area contributed by atoms with Crippen LogP contribution in [0.15, 0.2) is 130 Å². The zero-order valence-electron chi connectivity index (χ0n) is 36.1. The minimum atomic E-state index is -4.92. The van der Waals surface area contributed by atoms with Gasteiger partial charge >= 0.3 is 0 Å². The van der Waals surface area contributed by atoms with Crippen molar-refractivity contribution in [2.45, 2.75) is 31.1 Å². The van der Waals surface area contributed by atoms with Crippen molar-refractivity contribution in [3.05, 3.63) is 136 Å². The first kappa shape index (κ1) is 47.5. The van der Waals surface area contributed by atoms with Gasteiger partial charge in [0.2, 0.25) is 17.7 Å². The maximum atomic E-state index is 13.5. The van der Waals surface area contributed by atoms with Gasteiger partial charge in [0.1, 0.15) is 22.9 Å². The molecule has 0 fully saturated rings. The number of fused-ring (bicyclic) bond motifs is 2. The third-order valence-electron chi connectivity index (χ3n) is 10.2. The summed E-state index contributed by atoms with van der Waals surface area (Å²) in [6, 6.07) is 30.6. The third kappa shape index (κ3) is 12.6. The molecular formula is C46H45N9O10S. The number of carbonyl (C=O) groups is 3. The highest BCUT2D eigenvalue weighted by molar-refractivity contribution is 7.87. The Hall–Kier alpha value is -8.02. The van der Waals surface area contributed by atoms with Crippen LogP contribution in [0.25, 0.3) is 0 Å². The van der Waals surface area contributed by atoms with Crippen molar-refractivity contribution in [2.24, 2.45) is 20.5 Å². The number of methoxy groups -OCH3 is 2. The molecule has 0 aromatic heterocycles. The second-order valence-corrected chi connectivity index (χ2v) is 16.3. The van der Waals surface area contributed by atoms with Gasteiger partial charge in [0, 0.05) is 80.6 Å². The van der Waals surface area contributed by atoms with Crippen LogP contribution in [0.5, 0.6) is 11.5 Å². The molecule has 0 aliphatic carbocycles. The number of nitrogens with one attached hydrogen (secondary N) is 2. The lowest BCUT2D eigenvalue weighted by Gasteiger charge is -2.26. The Morgan fingerprint density at radius 1 is 0.818 bits per heavy atom. The van der Waals surface area contributed by atoms with Crippen LogP contribution in [0, 0.1) is 22.0 Å². The molecule has 3 N–H and O–H groups in total. The van der Waals surface area contributed by atoms with Crippen LogP contribution in [-0.2, 0) is 31.0 Å². The molecule has 19 nitrogen and oxygen atoms in total. The third-order valence-corrected chi connectivity index (χ3v) is 11.3. The molecule has 5 aromatic carbocycles. The number of rotatable bonds is 19. The minimum Gasteiger partial charge on any atom is -0.494 e. The zero-order chi connectivity index (χ0) is 47.2. The van der Waals surface area contributed by atoms with E-state index < -0.39 is 38.7 Å². The fourth-order valence-electron chi connectivity index (χ4n) is 6.64. The molecule has 1 atom stereocenters. The Bertz CT molecular complexity index is 2830. The summed E-state index contributed by atoms with van der Waals surface area (Å²) in [5.41, 5.74) is 5.24. The highest BCUT2D eigenvalue weighted by Gasteiger charge is 2.32. The van der Waals surface area contributed by atoms with Gasteiger partial charge in [-0.25, -0.2) is 0 Å². The highest BCUT2D eigenvalue weighted by Crippen LogP contribution is 2.41. The van der Waals surface area contributed by atoms with Crippen LogP contribution >= 0.6 is 0 Å². The number of hydrogen-bond acceptors (Lipinski definition) is 14. The normalized spacial score (nSPS) is 12.5. The molecule has 1 heterocycles. The number of amides is 3. The Morgan fingerprint density at radius 2 is 1.39 bits per heavy atom. The van der Waals surface area contributed by atoms with Crippen molar-refractivity contribution in [2.75, 3.05) is 50.7 Å². The zero-order valence-corrected chi connectivity index (χ0v) is 36.9. The molecule has 5 aromatic rings. The Kier molecular flexibility index (Phi) is 15.9. The summed E-state index contributed by atoms with van der Waals surface area (Å²) in [7, 11) is -0.177. The number of anilines is 2. The van der Waals surface area contributed by atoms with Gasteiger partial charge in [-0.1, -0.05) is 42.2 Å². The minimum absolute atomic E-state index is 0.00172. The summed E-state index contributed by atoms with van der Waals surface area (Å²) in [5, 5.41) is 30.8. The van der Waals surface area contributed by atoms with Gasteiger partial charge in [0.25, 0.3) is 15.8 Å². The fraction of sp³-hybridized carbons (Fsp3) is 0.239. The van der Waals surface area contributed by atoms with Gasteiger partial charge < -0.3 is 29.9 Å². The van der Waals surface area contributed by atoms with Gasteiger partial charge in [-0.05, 0) is 66.6 Å². The van der Waals surface area contributed by atoms with Gasteiger partial charge in [-0.15, -0.1) is 10.2 Å². The van der Waals surface area contributed by atoms with Gasteiger partial charge in [-0.3, -0.25) is 29.1 Å². The van der Waals surface area contributed by atoms with Crippen LogP contribution in [0.3, 0.4) is 0 Å². The van der Waals surface area contributed by atoms with Crippen LogP contribution in [0.1, 0.15) is 36.0 Å². The molecule has 3 amide bonds. The summed E-state index contributed by atoms with van der Waals surface area (Å²) < 4.78 is 45.3. The van der Waals surface area contributed by atoms with Crippen LogP contribution in [0.2, 0.25) is 0 Å². The van der Waals surface area contributed by atoms with E-state index in [0.717, 1.165) is 16.8 Å². The van der Waals surface area contributed by atoms with E-state index in [1.807, 2.05) is 60.5 Å². The van der Waals surface area contributed by atoms with E-state index >= 15 is 0 Å². The first-order chi connectivity index (χ1) is 31.7. The summed E-state index contributed by atoms with van der Waals surface area (Å²) in [4.78, 5) is 53.1. The summed E-state index contributed by atoms with van der Waals surface area (Å²) in [6.45, 7) is -0.212. The van der Waals surface area contributed by atoms with Crippen molar-refractivity contribution >= 4 is 67.7 Å². The van der Waals surface area contributed by atoms with Crippen molar-refractivity contribution < 1.29 is 41.8 Å². The van der Waals surface area contributed by atoms with E-state index in [4.69, 9.17) is 9.47 Å². The number of benzene rings is 5. The predicted octanol–water partition coefficient (Wildman–Crippen LogP) is 7.48. The van der Waals surface area contributed by atoms with E-state index in [1.165, 1.54) is 38.5 Å². The van der Waals surface area contributed by atoms with Crippen LogP contribution < -0.4 is 29.9 Å². The second-order valence-electron chi connectivity index (χ2n) is 14.7. The van der Waals surface area contributed by atoms with E-state index in [0.29, 0.717) is 58.5 Å². The molecule has 0 saturated carbocycles. The number of non-ortho nitro benzene ring substituents is 1. The number of para-hydroxylation sites is 1. The van der Waals surface area contributed by atoms with Gasteiger partial charge in [0.05, 0.1) is 42.7 Å². The smallest absolute Gasteiger partial charge is 0.278 e. The van der Waals surface area contributed by atoms with Gasteiger partial charge in [0.15, 0.2) is 5.25 Å². The van der Waals surface area contributed by atoms with Crippen molar-refractivity contribution in [3.63, 3.8) is 0 Å². The average molecular weight is 916 g/mol. The van der Waals surface area contributed by atoms with Crippen molar-refractivity contribution in [1.29, 1.82) is 0 Å². The summed E-state index contributed by atoms with van der Waals surface area (Å²) in [5.74, 6) is 5.02. The van der Waals surface area contributed by atoms with Crippen molar-refractivity contribution in [1.82, 2.24) is 10.6 Å². The maximum Gasteiger partial charge on any atom is 0.278 e. The van der Waals surface area contributed by atoms with E-state index in [-0.39, 0.29) is 37.5 Å². The van der Waals surface area contributed by atoms with E-state index in [2.05, 4.69) is 42.9 Å². The molecule has 0 bridgehead atoms. The number of carbonyl (C=O) groups excluding carboxylic acids is 3. The SMILES string of the molecule is COc1cc(N=Nc2ccc([N+](=O)[O-])cc2)c(OC)cc1N=Nc1ccc(N(C)CCCC(=O)NCC(C(=O)NCCC(=O)N2Cc3ccccc3C#Cc3ccccc32)S(=O)(=O)O)cc1. The van der Waals surface area contributed by atoms with E-state index in [9.17, 15) is 37.5 Å². The van der Waals surface area contributed by atoms with Crippen LogP contribution in [0.4, 0.5) is 39.8 Å². The summed E-state index contributed by atoms with van der Waals surface area (Å²) in [6.07, 6.45) is 0.194. The number of nitrogens with zero attached hydrogens (tertiary/aromatic N) is 7. The quantitative estimate of drug-likeness (QED) is 0.0241. The maximum absolute atomic E-state index is 13.5. The Morgan fingerprint density at radius 3 is 2.00 bits per heavy atom. The topological polar surface area (TPSA) is 247 Å². The molecular weight excluding hydrogens is 871 g/mol. The standard InChI is InChI=1S/C46H45N9O10S/c1-53(36-20-16-34(17-21-36)49-51-38-27-42(65-3)39(28-41(38)64-2)52-50-35-18-22-37(23-19-35)55(59)60)26-8-13-44(56)48-29-43(66(61,62)63)46(58)47-25-24-45(57)54-30-33-11-5-4-9-31(33)14-15-32-10-6-7-12-40(32)54/h4-7,9-12,16-23,27-28,43H,8,13,24-26,29-30H2,1-3H3,(H,47,58)(H,48,56)(H,61,62,63). The average Bonchev–Trinajstić information content (AvgIpc) is 3.30.